The van der Waals surface area contributed by atoms with Crippen LogP contribution in [0.5, 0.6) is 0 Å². The maximum atomic E-state index is 6.09. The van der Waals surface area contributed by atoms with E-state index in [1.807, 2.05) is 24.4 Å². The molecule has 0 saturated carbocycles. The topological polar surface area (TPSA) is 19.4 Å². The molecule has 4 heteroatoms. The molecule has 2 saturated heterocycles. The van der Waals surface area contributed by atoms with Gasteiger partial charge < -0.3 is 9.80 Å². The van der Waals surface area contributed by atoms with E-state index >= 15 is 0 Å². The molecule has 0 N–H and O–H groups in total. The summed E-state index contributed by atoms with van der Waals surface area (Å²) in [5.41, 5.74) is 2.24. The molecule has 2 bridgehead atoms. The zero-order valence-electron chi connectivity index (χ0n) is 13.3. The van der Waals surface area contributed by atoms with Crippen molar-refractivity contribution in [3.8, 4) is 11.1 Å². The summed E-state index contributed by atoms with van der Waals surface area (Å²) < 4.78 is 0. The third kappa shape index (κ3) is 3.22. The van der Waals surface area contributed by atoms with Crippen LogP contribution in [0.4, 0.5) is 5.82 Å². The van der Waals surface area contributed by atoms with Gasteiger partial charge in [-0.3, -0.25) is 0 Å². The number of halogens is 1. The van der Waals surface area contributed by atoms with Crippen molar-refractivity contribution in [1.82, 2.24) is 9.88 Å². The number of anilines is 1. The summed E-state index contributed by atoms with van der Waals surface area (Å²) in [4.78, 5) is 9.87. The summed E-state index contributed by atoms with van der Waals surface area (Å²) in [6, 6.07) is 12.9. The summed E-state index contributed by atoms with van der Waals surface area (Å²) in [5, 5.41) is 0.765. The molecule has 3 heterocycles. The number of fused-ring (bicyclic) bond motifs is 3. The Labute approximate surface area is 142 Å². The van der Waals surface area contributed by atoms with Gasteiger partial charge in [0.25, 0.3) is 0 Å². The van der Waals surface area contributed by atoms with Crippen molar-refractivity contribution >= 4 is 17.4 Å². The van der Waals surface area contributed by atoms with E-state index in [2.05, 4.69) is 28.0 Å². The third-order valence-corrected chi connectivity index (χ3v) is 5.32. The zero-order valence-corrected chi connectivity index (χ0v) is 14.0. The molecule has 2 unspecified atom stereocenters. The first-order chi connectivity index (χ1) is 11.3. The molecule has 23 heavy (non-hydrogen) atoms. The predicted octanol–water partition coefficient (Wildman–Crippen LogP) is 4.08. The van der Waals surface area contributed by atoms with Crippen molar-refractivity contribution in [3.63, 3.8) is 0 Å². The quantitative estimate of drug-likeness (QED) is 0.828. The van der Waals surface area contributed by atoms with Gasteiger partial charge in [0, 0.05) is 42.5 Å². The fourth-order valence-corrected chi connectivity index (χ4v) is 3.99. The van der Waals surface area contributed by atoms with E-state index in [0.717, 1.165) is 35.1 Å². The van der Waals surface area contributed by atoms with Crippen LogP contribution >= 0.6 is 11.6 Å². The lowest BCUT2D eigenvalue weighted by atomic mass is 10.1. The Morgan fingerprint density at radius 2 is 1.91 bits per heavy atom. The van der Waals surface area contributed by atoms with Crippen molar-refractivity contribution in [1.29, 1.82) is 0 Å². The second kappa shape index (κ2) is 6.50. The molecule has 2 fully saturated rings. The summed E-state index contributed by atoms with van der Waals surface area (Å²) >= 11 is 6.09. The smallest absolute Gasteiger partial charge is 0.128 e. The van der Waals surface area contributed by atoms with Crippen LogP contribution in [0.15, 0.2) is 42.6 Å². The van der Waals surface area contributed by atoms with Crippen molar-refractivity contribution in [3.05, 3.63) is 47.6 Å². The minimum atomic E-state index is 0.645. The number of aromatic nitrogens is 1. The van der Waals surface area contributed by atoms with E-state index in [0.29, 0.717) is 6.04 Å². The number of benzene rings is 1. The van der Waals surface area contributed by atoms with Gasteiger partial charge in [0.05, 0.1) is 0 Å². The molecule has 0 aliphatic carbocycles. The number of nitrogens with zero attached hydrogens (tertiary/aromatic N) is 3. The Kier molecular flexibility index (Phi) is 4.23. The van der Waals surface area contributed by atoms with Gasteiger partial charge in [-0.25, -0.2) is 4.98 Å². The lowest BCUT2D eigenvalue weighted by Crippen LogP contribution is -2.39. The van der Waals surface area contributed by atoms with Gasteiger partial charge in [0.15, 0.2) is 0 Å². The minimum absolute atomic E-state index is 0.645. The molecule has 0 spiro atoms. The predicted molar refractivity (Wildman–Crippen MR) is 96.1 cm³/mol. The van der Waals surface area contributed by atoms with E-state index in [1.165, 1.54) is 32.4 Å². The van der Waals surface area contributed by atoms with Gasteiger partial charge in [-0.2, -0.15) is 0 Å². The molecule has 0 radical (unpaired) electrons. The fourth-order valence-electron chi connectivity index (χ4n) is 3.80. The highest BCUT2D eigenvalue weighted by atomic mass is 35.5. The van der Waals surface area contributed by atoms with E-state index in [4.69, 9.17) is 16.6 Å². The Balaban J connectivity index is 1.58. The van der Waals surface area contributed by atoms with Crippen LogP contribution in [0.2, 0.25) is 5.02 Å². The Morgan fingerprint density at radius 3 is 2.74 bits per heavy atom. The molecule has 2 aromatic rings. The minimum Gasteiger partial charge on any atom is -0.352 e. The largest absolute Gasteiger partial charge is 0.352 e. The molecule has 2 aliphatic heterocycles. The van der Waals surface area contributed by atoms with E-state index in [9.17, 15) is 0 Å². The van der Waals surface area contributed by atoms with Gasteiger partial charge in [-0.15, -0.1) is 0 Å². The van der Waals surface area contributed by atoms with Gasteiger partial charge >= 0.3 is 0 Å². The Morgan fingerprint density at radius 1 is 0.957 bits per heavy atom. The number of hydrogen-bond acceptors (Lipinski definition) is 3. The maximum absolute atomic E-state index is 6.09. The highest BCUT2D eigenvalue weighted by molar-refractivity contribution is 6.30. The van der Waals surface area contributed by atoms with Crippen LogP contribution in [0.3, 0.4) is 0 Å². The standard InChI is InChI=1S/C19H22ClN3/c20-17-4-1-3-15(13-17)16-6-7-19(21-14-16)23-12-11-22-9-2-5-18(23)8-10-22/h1,3-4,6-7,13-14,18H,2,5,8-12H2. The molecule has 1 aromatic heterocycles. The molecule has 4 rings (SSSR count). The van der Waals surface area contributed by atoms with Gasteiger partial charge in [0.1, 0.15) is 5.82 Å². The van der Waals surface area contributed by atoms with E-state index < -0.39 is 0 Å². The molecule has 2 atom stereocenters. The van der Waals surface area contributed by atoms with E-state index in [1.54, 1.807) is 0 Å². The van der Waals surface area contributed by atoms with Crippen molar-refractivity contribution < 1.29 is 0 Å². The number of hydrogen-bond donors (Lipinski definition) is 0. The monoisotopic (exact) mass is 327 g/mol. The molecular formula is C19H22ClN3. The average molecular weight is 328 g/mol. The third-order valence-electron chi connectivity index (χ3n) is 5.09. The van der Waals surface area contributed by atoms with Crippen LogP contribution < -0.4 is 4.90 Å². The Bertz CT molecular complexity index is 671. The maximum Gasteiger partial charge on any atom is 0.128 e. The van der Waals surface area contributed by atoms with Crippen LogP contribution in [-0.4, -0.2) is 42.1 Å². The summed E-state index contributed by atoms with van der Waals surface area (Å²) in [6.45, 7) is 4.76. The fraction of sp³-hybridized carbons (Fsp3) is 0.421. The first-order valence-electron chi connectivity index (χ1n) is 8.50. The molecular weight excluding hydrogens is 306 g/mol. The molecule has 2 aliphatic rings. The SMILES string of the molecule is Clc1cccc(-c2ccc(N3CCN4CCCC3CC4)nc2)c1. The van der Waals surface area contributed by atoms with Crippen LogP contribution in [0.1, 0.15) is 19.3 Å². The second-order valence-electron chi connectivity index (χ2n) is 6.54. The van der Waals surface area contributed by atoms with Crippen molar-refractivity contribution in [2.75, 3.05) is 31.1 Å². The van der Waals surface area contributed by atoms with E-state index in [-0.39, 0.29) is 0 Å². The molecule has 3 nitrogen and oxygen atoms in total. The lowest BCUT2D eigenvalue weighted by Gasteiger charge is -2.32. The molecule has 0 amide bonds. The highest BCUT2D eigenvalue weighted by Gasteiger charge is 2.27. The summed E-state index contributed by atoms with van der Waals surface area (Å²) in [5.74, 6) is 1.12. The second-order valence-corrected chi connectivity index (χ2v) is 6.97. The van der Waals surface area contributed by atoms with Crippen LogP contribution in [0, 0.1) is 0 Å². The lowest BCUT2D eigenvalue weighted by molar-refractivity contribution is 0.298. The number of pyridine rings is 1. The Hall–Kier alpha value is -1.58. The van der Waals surface area contributed by atoms with Crippen LogP contribution in [0.25, 0.3) is 11.1 Å². The van der Waals surface area contributed by atoms with Gasteiger partial charge in [-0.05, 0) is 55.6 Å². The molecule has 120 valence electrons. The van der Waals surface area contributed by atoms with Crippen molar-refractivity contribution in [2.45, 2.75) is 25.3 Å². The number of rotatable bonds is 2. The van der Waals surface area contributed by atoms with Gasteiger partial charge in [-0.1, -0.05) is 23.7 Å². The van der Waals surface area contributed by atoms with Crippen molar-refractivity contribution in [2.24, 2.45) is 0 Å². The molecule has 1 aromatic carbocycles. The first-order valence-corrected chi connectivity index (χ1v) is 8.88. The average Bonchev–Trinajstić information content (AvgIpc) is 2.91. The zero-order chi connectivity index (χ0) is 15.6. The highest BCUT2D eigenvalue weighted by Crippen LogP contribution is 2.27. The van der Waals surface area contributed by atoms with Crippen LogP contribution in [-0.2, 0) is 0 Å². The first kappa shape index (κ1) is 15.0. The normalized spacial score (nSPS) is 24.3. The van der Waals surface area contributed by atoms with Gasteiger partial charge in [0.2, 0.25) is 0 Å². The summed E-state index contributed by atoms with van der Waals surface area (Å²) in [6.07, 6.45) is 5.83. The summed E-state index contributed by atoms with van der Waals surface area (Å²) in [7, 11) is 0.